The average Bonchev–Trinajstić information content (AvgIpc) is 2.53. The highest BCUT2D eigenvalue weighted by atomic mass is 32.2. The number of nitrogens with two attached hydrogens (primary N) is 1. The van der Waals surface area contributed by atoms with Gasteiger partial charge in [-0.2, -0.15) is 16.9 Å². The predicted octanol–water partition coefficient (Wildman–Crippen LogP) is 0.960. The van der Waals surface area contributed by atoms with Crippen molar-refractivity contribution >= 4 is 23.4 Å². The van der Waals surface area contributed by atoms with Gasteiger partial charge in [0, 0.05) is 25.1 Å². The lowest BCUT2D eigenvalue weighted by molar-refractivity contribution is 0.0947. The van der Waals surface area contributed by atoms with Gasteiger partial charge in [-0.25, -0.2) is 0 Å². The molecular formula is C11H18N4OS. The Hall–Kier alpha value is -1.43. The molecule has 0 saturated heterocycles. The minimum Gasteiger partial charge on any atom is -0.395 e. The van der Waals surface area contributed by atoms with Crippen molar-refractivity contribution in [1.82, 2.24) is 15.1 Å². The molecule has 0 unspecified atom stereocenters. The van der Waals surface area contributed by atoms with E-state index in [4.69, 9.17) is 5.73 Å². The number of carbonyl (C=O) groups excluding carboxylic acids is 1. The topological polar surface area (TPSA) is 72.9 Å². The van der Waals surface area contributed by atoms with E-state index in [2.05, 4.69) is 17.0 Å². The summed E-state index contributed by atoms with van der Waals surface area (Å²) >= 11 is 1.72. The fraction of sp³-hybridized carbons (Fsp3) is 0.455. The second-order valence-electron chi connectivity index (χ2n) is 3.59. The third-order valence-electron chi connectivity index (χ3n) is 2.25. The van der Waals surface area contributed by atoms with Crippen LogP contribution in [-0.2, 0) is 7.05 Å². The number of nitrogens with zero attached hydrogens (tertiary/aromatic N) is 2. The SMILES string of the molecule is C=CCSCCNC(=O)c1c(N)c(C)nn1C. The van der Waals surface area contributed by atoms with E-state index >= 15 is 0 Å². The van der Waals surface area contributed by atoms with Crippen LogP contribution in [0.2, 0.25) is 0 Å². The zero-order chi connectivity index (χ0) is 12.8. The normalized spacial score (nSPS) is 10.2. The van der Waals surface area contributed by atoms with Gasteiger partial charge in [0.2, 0.25) is 0 Å². The lowest BCUT2D eigenvalue weighted by Gasteiger charge is -2.05. The summed E-state index contributed by atoms with van der Waals surface area (Å²) in [5.74, 6) is 1.57. The maximum atomic E-state index is 11.9. The maximum Gasteiger partial charge on any atom is 0.271 e. The Kier molecular flexibility index (Phi) is 5.09. The van der Waals surface area contributed by atoms with Crippen molar-refractivity contribution < 1.29 is 4.79 Å². The number of nitrogens with one attached hydrogen (secondary N) is 1. The van der Waals surface area contributed by atoms with Crippen LogP contribution in [0.5, 0.6) is 0 Å². The molecule has 0 spiro atoms. The highest BCUT2D eigenvalue weighted by Crippen LogP contribution is 2.14. The van der Waals surface area contributed by atoms with E-state index in [1.165, 1.54) is 4.68 Å². The molecule has 1 aromatic rings. The van der Waals surface area contributed by atoms with Gasteiger partial charge in [0.25, 0.3) is 5.91 Å². The van der Waals surface area contributed by atoms with E-state index in [0.29, 0.717) is 23.6 Å². The highest BCUT2D eigenvalue weighted by molar-refractivity contribution is 7.99. The number of nitrogen functional groups attached to an aromatic ring is 1. The molecule has 3 N–H and O–H groups in total. The third kappa shape index (κ3) is 3.52. The molecule has 1 amide bonds. The molecule has 1 heterocycles. The summed E-state index contributed by atoms with van der Waals surface area (Å²) in [5, 5.41) is 6.92. The van der Waals surface area contributed by atoms with Gasteiger partial charge >= 0.3 is 0 Å². The number of hydrogen-bond donors (Lipinski definition) is 2. The molecular weight excluding hydrogens is 236 g/mol. The zero-order valence-electron chi connectivity index (χ0n) is 10.2. The van der Waals surface area contributed by atoms with E-state index in [0.717, 1.165) is 11.5 Å². The number of anilines is 1. The van der Waals surface area contributed by atoms with Crippen molar-refractivity contribution in [2.75, 3.05) is 23.8 Å². The first-order chi connectivity index (χ1) is 8.07. The molecule has 1 aromatic heterocycles. The van der Waals surface area contributed by atoms with Crippen molar-refractivity contribution in [2.45, 2.75) is 6.92 Å². The summed E-state index contributed by atoms with van der Waals surface area (Å²) < 4.78 is 1.51. The van der Waals surface area contributed by atoms with Gasteiger partial charge in [-0.15, -0.1) is 6.58 Å². The standard InChI is InChI=1S/C11H18N4OS/c1-4-6-17-7-5-13-11(16)10-9(12)8(2)14-15(10)3/h4H,1,5-7,12H2,2-3H3,(H,13,16). The van der Waals surface area contributed by atoms with Crippen molar-refractivity contribution in [3.05, 3.63) is 24.0 Å². The van der Waals surface area contributed by atoms with Crippen LogP contribution in [0.4, 0.5) is 5.69 Å². The molecule has 1 rings (SSSR count). The van der Waals surface area contributed by atoms with Crippen LogP contribution < -0.4 is 11.1 Å². The summed E-state index contributed by atoms with van der Waals surface area (Å²) in [7, 11) is 1.71. The molecule has 0 aliphatic carbocycles. The third-order valence-corrected chi connectivity index (χ3v) is 3.22. The van der Waals surface area contributed by atoms with Crippen molar-refractivity contribution in [2.24, 2.45) is 7.05 Å². The molecule has 0 radical (unpaired) electrons. The lowest BCUT2D eigenvalue weighted by Crippen LogP contribution is -2.28. The van der Waals surface area contributed by atoms with Crippen molar-refractivity contribution in [1.29, 1.82) is 0 Å². The van der Waals surface area contributed by atoms with E-state index in [1.807, 2.05) is 6.08 Å². The lowest BCUT2D eigenvalue weighted by atomic mass is 10.3. The number of aromatic nitrogens is 2. The Morgan fingerprint density at radius 3 is 2.94 bits per heavy atom. The minimum atomic E-state index is -0.176. The summed E-state index contributed by atoms with van der Waals surface area (Å²) in [6.45, 7) is 6.03. The molecule has 0 atom stereocenters. The molecule has 0 bridgehead atoms. The van der Waals surface area contributed by atoms with Gasteiger partial charge in [0.15, 0.2) is 0 Å². The fourth-order valence-corrected chi connectivity index (χ4v) is 2.01. The molecule has 0 aromatic carbocycles. The van der Waals surface area contributed by atoms with Gasteiger partial charge in [0.05, 0.1) is 11.4 Å². The molecule has 0 saturated carbocycles. The number of carbonyl (C=O) groups is 1. The number of aryl methyl sites for hydroxylation is 2. The molecule has 17 heavy (non-hydrogen) atoms. The predicted molar refractivity (Wildman–Crippen MR) is 72.2 cm³/mol. The smallest absolute Gasteiger partial charge is 0.271 e. The van der Waals surface area contributed by atoms with Crippen LogP contribution in [-0.4, -0.2) is 33.7 Å². The second-order valence-corrected chi connectivity index (χ2v) is 4.74. The largest absolute Gasteiger partial charge is 0.395 e. The Labute approximate surface area is 105 Å². The highest BCUT2D eigenvalue weighted by Gasteiger charge is 2.16. The van der Waals surface area contributed by atoms with Crippen LogP contribution in [0.25, 0.3) is 0 Å². The average molecular weight is 254 g/mol. The molecule has 94 valence electrons. The van der Waals surface area contributed by atoms with Crippen LogP contribution in [0.1, 0.15) is 16.2 Å². The van der Waals surface area contributed by atoms with Gasteiger partial charge in [0.1, 0.15) is 5.69 Å². The van der Waals surface area contributed by atoms with Crippen LogP contribution in [0.15, 0.2) is 12.7 Å². The van der Waals surface area contributed by atoms with Crippen molar-refractivity contribution in [3.8, 4) is 0 Å². The van der Waals surface area contributed by atoms with Crippen LogP contribution in [0.3, 0.4) is 0 Å². The Bertz CT molecular complexity index is 414. The Morgan fingerprint density at radius 2 is 2.41 bits per heavy atom. The first-order valence-electron chi connectivity index (χ1n) is 5.33. The van der Waals surface area contributed by atoms with Gasteiger partial charge in [-0.3, -0.25) is 9.48 Å². The number of amides is 1. The summed E-state index contributed by atoms with van der Waals surface area (Å²) in [6.07, 6.45) is 1.84. The quantitative estimate of drug-likeness (QED) is 0.586. The molecule has 0 aliphatic rings. The molecule has 0 fully saturated rings. The van der Waals surface area contributed by atoms with E-state index in [1.54, 1.807) is 25.7 Å². The van der Waals surface area contributed by atoms with E-state index < -0.39 is 0 Å². The molecule has 6 heteroatoms. The van der Waals surface area contributed by atoms with Crippen LogP contribution in [0, 0.1) is 6.92 Å². The van der Waals surface area contributed by atoms with E-state index in [9.17, 15) is 4.79 Å². The molecule has 5 nitrogen and oxygen atoms in total. The Balaban J connectivity index is 2.50. The van der Waals surface area contributed by atoms with Crippen molar-refractivity contribution in [3.63, 3.8) is 0 Å². The monoisotopic (exact) mass is 254 g/mol. The van der Waals surface area contributed by atoms with E-state index in [-0.39, 0.29) is 5.91 Å². The zero-order valence-corrected chi connectivity index (χ0v) is 11.0. The summed E-state index contributed by atoms with van der Waals surface area (Å²) in [6, 6.07) is 0. The van der Waals surface area contributed by atoms with Gasteiger partial charge in [-0.05, 0) is 6.92 Å². The number of hydrogen-bond acceptors (Lipinski definition) is 4. The summed E-state index contributed by atoms with van der Waals surface area (Å²) in [5.41, 5.74) is 7.35. The first-order valence-corrected chi connectivity index (χ1v) is 6.49. The van der Waals surface area contributed by atoms with Gasteiger partial charge < -0.3 is 11.1 Å². The first kappa shape index (κ1) is 13.6. The van der Waals surface area contributed by atoms with Crippen LogP contribution >= 0.6 is 11.8 Å². The van der Waals surface area contributed by atoms with Gasteiger partial charge in [-0.1, -0.05) is 6.08 Å². The summed E-state index contributed by atoms with van der Waals surface area (Å²) in [4.78, 5) is 11.9. The maximum absolute atomic E-state index is 11.9. The Morgan fingerprint density at radius 1 is 1.71 bits per heavy atom. The second kappa shape index (κ2) is 6.34. The fourth-order valence-electron chi connectivity index (χ4n) is 1.43. The number of rotatable bonds is 6. The number of thioether (sulfide) groups is 1. The minimum absolute atomic E-state index is 0.176. The molecule has 0 aliphatic heterocycles.